The first kappa shape index (κ1) is 29.0. The average Bonchev–Trinajstić information content (AvgIpc) is 3.82. The summed E-state index contributed by atoms with van der Waals surface area (Å²) in [5.41, 5.74) is 13.6. The second-order valence-electron chi connectivity index (χ2n) is 15.2. The minimum Gasteiger partial charge on any atom is -0.456 e. The van der Waals surface area contributed by atoms with Gasteiger partial charge in [-0.15, -0.1) is 0 Å². The van der Waals surface area contributed by atoms with Gasteiger partial charge in [-0.05, 0) is 114 Å². The van der Waals surface area contributed by atoms with E-state index >= 15 is 0 Å². The highest BCUT2D eigenvalue weighted by atomic mass is 16.3. The number of para-hydroxylation sites is 1. The van der Waals surface area contributed by atoms with Gasteiger partial charge < -0.3 is 8.83 Å². The Morgan fingerprint density at radius 2 is 0.943 bits per heavy atom. The van der Waals surface area contributed by atoms with Crippen molar-refractivity contribution in [3.8, 4) is 33.4 Å². The molecule has 0 aliphatic heterocycles. The highest BCUT2D eigenvalue weighted by Gasteiger charge is 2.39. The molecule has 12 rings (SSSR count). The van der Waals surface area contributed by atoms with Crippen molar-refractivity contribution in [1.29, 1.82) is 0 Å². The molecule has 11 aromatic rings. The molecular formula is C51H32O2. The fourth-order valence-corrected chi connectivity index (χ4v) is 9.60. The van der Waals surface area contributed by atoms with Gasteiger partial charge in [0.15, 0.2) is 0 Å². The highest BCUT2D eigenvalue weighted by Crippen LogP contribution is 2.54. The van der Waals surface area contributed by atoms with Crippen LogP contribution in [0.25, 0.3) is 110 Å². The van der Waals surface area contributed by atoms with Gasteiger partial charge in [0.2, 0.25) is 0 Å². The number of benzene rings is 9. The van der Waals surface area contributed by atoms with E-state index < -0.39 is 0 Å². The van der Waals surface area contributed by atoms with Gasteiger partial charge in [0.25, 0.3) is 0 Å². The third kappa shape index (κ3) is 3.87. The van der Waals surface area contributed by atoms with E-state index in [1.165, 1.54) is 87.6 Å². The SMILES string of the molecule is CC1(C)c2ccc(-c3c4ccccc4c(-c4ccc5oc6ccccc6c5c4)c4ccccc34)cc2-c2ccc3c(oc4cc5ccccc5cc43)c21. The van der Waals surface area contributed by atoms with Gasteiger partial charge in [0, 0.05) is 32.5 Å². The zero-order chi connectivity index (χ0) is 35.0. The maximum Gasteiger partial charge on any atom is 0.140 e. The number of hydrogen-bond donors (Lipinski definition) is 0. The Labute approximate surface area is 305 Å². The van der Waals surface area contributed by atoms with Crippen LogP contribution in [0.1, 0.15) is 25.0 Å². The number of hydrogen-bond acceptors (Lipinski definition) is 2. The van der Waals surface area contributed by atoms with Crippen molar-refractivity contribution < 1.29 is 8.83 Å². The van der Waals surface area contributed by atoms with Crippen LogP contribution in [0.3, 0.4) is 0 Å². The van der Waals surface area contributed by atoms with Crippen LogP contribution in [0.4, 0.5) is 0 Å². The number of fused-ring (bicyclic) bond motifs is 13. The van der Waals surface area contributed by atoms with Gasteiger partial charge in [-0.3, -0.25) is 0 Å². The summed E-state index contributed by atoms with van der Waals surface area (Å²) in [5, 5.41) is 12.0. The number of furan rings is 2. The first-order valence-electron chi connectivity index (χ1n) is 18.4. The van der Waals surface area contributed by atoms with E-state index in [2.05, 4.69) is 159 Å². The quantitative estimate of drug-likeness (QED) is 0.170. The summed E-state index contributed by atoms with van der Waals surface area (Å²) in [5.74, 6) is 0. The first-order chi connectivity index (χ1) is 26.0. The summed E-state index contributed by atoms with van der Waals surface area (Å²) < 4.78 is 13.0. The van der Waals surface area contributed by atoms with Crippen LogP contribution < -0.4 is 0 Å². The lowest BCUT2D eigenvalue weighted by Crippen LogP contribution is -2.15. The Hall–Kier alpha value is -6.64. The van der Waals surface area contributed by atoms with Gasteiger partial charge >= 0.3 is 0 Å². The maximum atomic E-state index is 6.80. The topological polar surface area (TPSA) is 26.3 Å². The van der Waals surface area contributed by atoms with Crippen molar-refractivity contribution in [2.24, 2.45) is 0 Å². The lowest BCUT2D eigenvalue weighted by atomic mass is 9.81. The molecule has 0 unspecified atom stereocenters. The third-order valence-electron chi connectivity index (χ3n) is 12.0. The predicted molar refractivity (Wildman–Crippen MR) is 222 cm³/mol. The summed E-state index contributed by atoms with van der Waals surface area (Å²) in [6, 6.07) is 57.5. The summed E-state index contributed by atoms with van der Waals surface area (Å²) in [7, 11) is 0. The van der Waals surface area contributed by atoms with E-state index in [0.29, 0.717) is 0 Å². The second kappa shape index (κ2) is 10.2. The Balaban J connectivity index is 1.09. The summed E-state index contributed by atoms with van der Waals surface area (Å²) in [6.07, 6.45) is 0. The van der Waals surface area contributed by atoms with E-state index in [4.69, 9.17) is 8.83 Å². The summed E-state index contributed by atoms with van der Waals surface area (Å²) in [4.78, 5) is 0. The molecule has 0 atom stereocenters. The third-order valence-corrected chi connectivity index (χ3v) is 12.0. The van der Waals surface area contributed by atoms with Crippen molar-refractivity contribution in [1.82, 2.24) is 0 Å². The maximum absolute atomic E-state index is 6.80. The second-order valence-corrected chi connectivity index (χ2v) is 15.2. The lowest BCUT2D eigenvalue weighted by Gasteiger charge is -2.22. The molecule has 0 N–H and O–H groups in total. The molecule has 248 valence electrons. The van der Waals surface area contributed by atoms with Crippen LogP contribution >= 0.6 is 0 Å². The Morgan fingerprint density at radius 3 is 1.66 bits per heavy atom. The van der Waals surface area contributed by atoms with Crippen molar-refractivity contribution in [3.05, 3.63) is 169 Å². The molecule has 0 saturated heterocycles. The largest absolute Gasteiger partial charge is 0.456 e. The molecule has 9 aromatic carbocycles. The molecule has 2 heteroatoms. The monoisotopic (exact) mass is 676 g/mol. The van der Waals surface area contributed by atoms with Crippen LogP contribution in [0.5, 0.6) is 0 Å². The molecule has 0 spiro atoms. The van der Waals surface area contributed by atoms with E-state index in [0.717, 1.165) is 33.1 Å². The molecule has 0 fully saturated rings. The van der Waals surface area contributed by atoms with Crippen molar-refractivity contribution in [2.45, 2.75) is 19.3 Å². The van der Waals surface area contributed by atoms with E-state index in [9.17, 15) is 0 Å². The van der Waals surface area contributed by atoms with Crippen LogP contribution in [-0.2, 0) is 5.41 Å². The van der Waals surface area contributed by atoms with Crippen LogP contribution in [0.2, 0.25) is 0 Å². The fraction of sp³-hybridized carbons (Fsp3) is 0.0588. The molecule has 1 aliphatic rings. The lowest BCUT2D eigenvalue weighted by molar-refractivity contribution is 0.620. The Morgan fingerprint density at radius 1 is 0.377 bits per heavy atom. The van der Waals surface area contributed by atoms with Crippen LogP contribution in [0.15, 0.2) is 167 Å². The number of rotatable bonds is 2. The van der Waals surface area contributed by atoms with Crippen molar-refractivity contribution in [2.75, 3.05) is 0 Å². The van der Waals surface area contributed by atoms with Gasteiger partial charge in [-0.1, -0.05) is 129 Å². The summed E-state index contributed by atoms with van der Waals surface area (Å²) in [6.45, 7) is 4.69. The molecule has 1 aliphatic carbocycles. The minimum atomic E-state index is -0.222. The van der Waals surface area contributed by atoms with Gasteiger partial charge in [-0.2, -0.15) is 0 Å². The van der Waals surface area contributed by atoms with Gasteiger partial charge in [0.05, 0.1) is 0 Å². The zero-order valence-electron chi connectivity index (χ0n) is 29.3. The highest BCUT2D eigenvalue weighted by molar-refractivity contribution is 6.22. The Bertz CT molecular complexity index is 3310. The Kier molecular flexibility index (Phi) is 5.60. The average molecular weight is 677 g/mol. The molecule has 0 amide bonds. The van der Waals surface area contributed by atoms with Crippen molar-refractivity contribution >= 4 is 76.2 Å². The van der Waals surface area contributed by atoms with Crippen molar-refractivity contribution in [3.63, 3.8) is 0 Å². The molecule has 53 heavy (non-hydrogen) atoms. The molecular weight excluding hydrogens is 645 g/mol. The zero-order valence-corrected chi connectivity index (χ0v) is 29.3. The standard InChI is InChI=1S/C51H32O2/c1-51(2)43-23-19-31(26-40(43)38-21-22-39-42-25-29-11-3-4-12-30(29)28-46(42)53-50(39)49(38)51)47-34-14-5-7-16-36(34)48(37-17-8-6-15-35(37)47)32-20-24-45-41(27-32)33-13-9-10-18-44(33)52-45/h3-28H,1-2H3. The molecule has 2 aromatic heterocycles. The van der Waals surface area contributed by atoms with Gasteiger partial charge in [0.1, 0.15) is 22.3 Å². The molecule has 0 radical (unpaired) electrons. The molecule has 0 bridgehead atoms. The molecule has 2 nitrogen and oxygen atoms in total. The molecule has 0 saturated carbocycles. The van der Waals surface area contributed by atoms with Crippen LogP contribution in [-0.4, -0.2) is 0 Å². The van der Waals surface area contributed by atoms with E-state index in [1.54, 1.807) is 0 Å². The van der Waals surface area contributed by atoms with E-state index in [1.807, 2.05) is 12.1 Å². The smallest absolute Gasteiger partial charge is 0.140 e. The first-order valence-corrected chi connectivity index (χ1v) is 18.4. The fourth-order valence-electron chi connectivity index (χ4n) is 9.60. The van der Waals surface area contributed by atoms with Crippen LogP contribution in [0, 0.1) is 0 Å². The van der Waals surface area contributed by atoms with E-state index in [-0.39, 0.29) is 5.41 Å². The normalized spacial score (nSPS) is 13.6. The summed E-state index contributed by atoms with van der Waals surface area (Å²) >= 11 is 0. The minimum absolute atomic E-state index is 0.222. The predicted octanol–water partition coefficient (Wildman–Crippen LogP) is 14.6. The molecule has 2 heterocycles. The van der Waals surface area contributed by atoms with Gasteiger partial charge in [-0.25, -0.2) is 0 Å².